The van der Waals surface area contributed by atoms with E-state index in [4.69, 9.17) is 11.2 Å². The molecule has 1 saturated heterocycles. The van der Waals surface area contributed by atoms with Gasteiger partial charge in [0, 0.05) is 5.69 Å². The number of benzene rings is 2. The molecule has 1 aliphatic rings. The van der Waals surface area contributed by atoms with E-state index in [2.05, 4.69) is 58.2 Å². The molecule has 0 saturated carbocycles. The zero-order valence-corrected chi connectivity index (χ0v) is 17.8. The van der Waals surface area contributed by atoms with Crippen LogP contribution in [0.5, 0.6) is 5.75 Å². The smallest absolute Gasteiger partial charge is 0.260 e. The van der Waals surface area contributed by atoms with Crippen LogP contribution in [0.3, 0.4) is 0 Å². The van der Waals surface area contributed by atoms with Crippen LogP contribution in [0.4, 0.5) is 5.69 Å². The minimum absolute atomic E-state index is 0.0784. The van der Waals surface area contributed by atoms with Gasteiger partial charge in [-0.05, 0) is 70.5 Å². The van der Waals surface area contributed by atoms with Crippen molar-refractivity contribution in [3.63, 3.8) is 0 Å². The SMILES string of the molecule is C#CCOc1ccc(/C=C2\S[C@@H](Nc3ccc(CC)cc3)NC2=O)cc1I. The highest BCUT2D eigenvalue weighted by atomic mass is 127. The minimum Gasteiger partial charge on any atom is -0.480 e. The number of terminal acetylenes is 1. The van der Waals surface area contributed by atoms with Gasteiger partial charge in [0.05, 0.1) is 8.48 Å². The third-order valence-corrected chi connectivity index (χ3v) is 5.83. The van der Waals surface area contributed by atoms with Crippen LogP contribution in [0.1, 0.15) is 18.1 Å². The van der Waals surface area contributed by atoms with Crippen molar-refractivity contribution >= 4 is 52.0 Å². The lowest BCUT2D eigenvalue weighted by Gasteiger charge is -2.12. The third kappa shape index (κ3) is 5.21. The Morgan fingerprint density at radius 2 is 2.11 bits per heavy atom. The van der Waals surface area contributed by atoms with Gasteiger partial charge in [0.2, 0.25) is 0 Å². The molecule has 1 aliphatic heterocycles. The minimum atomic E-state index is -0.187. The molecule has 27 heavy (non-hydrogen) atoms. The molecular formula is C21H19IN2O2S. The molecule has 138 valence electrons. The molecule has 1 atom stereocenters. The van der Waals surface area contributed by atoms with Crippen molar-refractivity contribution in [2.75, 3.05) is 11.9 Å². The molecule has 0 unspecified atom stereocenters. The van der Waals surface area contributed by atoms with E-state index in [0.717, 1.165) is 27.0 Å². The van der Waals surface area contributed by atoms with Crippen LogP contribution in [0.2, 0.25) is 0 Å². The van der Waals surface area contributed by atoms with Crippen LogP contribution in [0.25, 0.3) is 6.08 Å². The monoisotopic (exact) mass is 490 g/mol. The van der Waals surface area contributed by atoms with Gasteiger partial charge in [-0.3, -0.25) is 4.79 Å². The Hall–Kier alpha value is -2.11. The van der Waals surface area contributed by atoms with Crippen LogP contribution >= 0.6 is 34.4 Å². The first-order valence-corrected chi connectivity index (χ1v) is 10.5. The van der Waals surface area contributed by atoms with Gasteiger partial charge >= 0.3 is 0 Å². The first-order valence-electron chi connectivity index (χ1n) is 8.49. The van der Waals surface area contributed by atoms with Crippen LogP contribution in [0.15, 0.2) is 47.4 Å². The number of rotatable bonds is 6. The third-order valence-electron chi connectivity index (χ3n) is 3.96. The van der Waals surface area contributed by atoms with Crippen molar-refractivity contribution in [3.8, 4) is 18.1 Å². The fourth-order valence-electron chi connectivity index (χ4n) is 2.55. The number of hydrogen-bond donors (Lipinski definition) is 2. The van der Waals surface area contributed by atoms with Gasteiger partial charge in [0.1, 0.15) is 12.4 Å². The number of carbonyl (C=O) groups excluding carboxylic acids is 1. The molecule has 6 heteroatoms. The fourth-order valence-corrected chi connectivity index (χ4v) is 4.23. The summed E-state index contributed by atoms with van der Waals surface area (Å²) in [7, 11) is 0. The van der Waals surface area contributed by atoms with E-state index in [1.54, 1.807) is 0 Å². The highest BCUT2D eigenvalue weighted by Crippen LogP contribution is 2.31. The predicted molar refractivity (Wildman–Crippen MR) is 120 cm³/mol. The van der Waals surface area contributed by atoms with Crippen molar-refractivity contribution in [1.82, 2.24) is 5.32 Å². The van der Waals surface area contributed by atoms with E-state index in [0.29, 0.717) is 4.91 Å². The Morgan fingerprint density at radius 1 is 1.33 bits per heavy atom. The van der Waals surface area contributed by atoms with Crippen molar-refractivity contribution in [2.24, 2.45) is 0 Å². The molecule has 1 heterocycles. The second kappa shape index (κ2) is 9.20. The molecule has 0 aromatic heterocycles. The first kappa shape index (κ1) is 19.6. The van der Waals surface area contributed by atoms with Crippen LogP contribution in [0, 0.1) is 15.9 Å². The van der Waals surface area contributed by atoms with Crippen molar-refractivity contribution in [2.45, 2.75) is 18.8 Å². The molecule has 2 N–H and O–H groups in total. The van der Waals surface area contributed by atoms with E-state index in [-0.39, 0.29) is 18.0 Å². The number of amides is 1. The lowest BCUT2D eigenvalue weighted by atomic mass is 10.1. The van der Waals surface area contributed by atoms with Gasteiger partial charge in [0.15, 0.2) is 5.50 Å². The fraction of sp³-hybridized carbons (Fsp3) is 0.190. The maximum Gasteiger partial charge on any atom is 0.260 e. The Balaban J connectivity index is 1.67. The summed E-state index contributed by atoms with van der Waals surface area (Å²) in [6, 6.07) is 14.0. The van der Waals surface area contributed by atoms with Gasteiger partial charge < -0.3 is 15.4 Å². The number of anilines is 1. The maximum absolute atomic E-state index is 12.3. The van der Waals surface area contributed by atoms with Gasteiger partial charge in [-0.1, -0.05) is 42.8 Å². The Morgan fingerprint density at radius 3 is 2.78 bits per heavy atom. The molecule has 2 aromatic carbocycles. The summed E-state index contributed by atoms with van der Waals surface area (Å²) in [5.74, 6) is 3.12. The molecule has 0 aliphatic carbocycles. The molecule has 0 radical (unpaired) electrons. The first-order chi connectivity index (χ1) is 13.1. The molecule has 4 nitrogen and oxygen atoms in total. The normalized spacial score (nSPS) is 17.4. The number of hydrogen-bond acceptors (Lipinski definition) is 4. The van der Waals surface area contributed by atoms with Crippen molar-refractivity contribution < 1.29 is 9.53 Å². The number of thioether (sulfide) groups is 1. The number of aryl methyl sites for hydroxylation is 1. The van der Waals surface area contributed by atoms with Crippen LogP contribution in [-0.4, -0.2) is 18.0 Å². The second-order valence-corrected chi connectivity index (χ2v) is 8.17. The van der Waals surface area contributed by atoms with Crippen molar-refractivity contribution in [3.05, 3.63) is 62.1 Å². The van der Waals surface area contributed by atoms with Gasteiger partial charge in [0.25, 0.3) is 5.91 Å². The Bertz CT molecular complexity index is 903. The number of halogens is 1. The lowest BCUT2D eigenvalue weighted by Crippen LogP contribution is -2.30. The Labute approximate surface area is 177 Å². The topological polar surface area (TPSA) is 50.4 Å². The summed E-state index contributed by atoms with van der Waals surface area (Å²) in [6.45, 7) is 2.36. The zero-order valence-electron chi connectivity index (χ0n) is 14.8. The summed E-state index contributed by atoms with van der Waals surface area (Å²) >= 11 is 3.67. The quantitative estimate of drug-likeness (QED) is 0.357. The lowest BCUT2D eigenvalue weighted by molar-refractivity contribution is -0.116. The van der Waals surface area contributed by atoms with E-state index in [1.807, 2.05) is 36.4 Å². The predicted octanol–water partition coefficient (Wildman–Crippen LogP) is 4.47. The number of nitrogens with one attached hydrogen (secondary N) is 2. The molecule has 0 bridgehead atoms. The van der Waals surface area contributed by atoms with E-state index < -0.39 is 0 Å². The molecule has 3 rings (SSSR count). The summed E-state index contributed by atoms with van der Waals surface area (Å²) in [4.78, 5) is 13.0. The van der Waals surface area contributed by atoms with Gasteiger partial charge in [-0.2, -0.15) is 0 Å². The molecule has 0 spiro atoms. The van der Waals surface area contributed by atoms with Gasteiger partial charge in [-0.25, -0.2) is 0 Å². The molecule has 2 aromatic rings. The molecule has 1 amide bonds. The summed E-state index contributed by atoms with van der Waals surface area (Å²) in [6.07, 6.45) is 8.11. The highest BCUT2D eigenvalue weighted by Gasteiger charge is 2.27. The van der Waals surface area contributed by atoms with E-state index in [9.17, 15) is 4.79 Å². The van der Waals surface area contributed by atoms with Crippen LogP contribution in [-0.2, 0) is 11.2 Å². The largest absolute Gasteiger partial charge is 0.480 e. The standard InChI is InChI=1S/C21H19IN2O2S/c1-3-11-26-18-10-7-15(12-17(18)22)13-19-20(25)24-21(27-19)23-16-8-5-14(4-2)6-9-16/h1,5-10,12-13,21,23H,4,11H2,2H3,(H,24,25)/b19-13-/t21-/m0/s1. The van der Waals surface area contributed by atoms with E-state index in [1.165, 1.54) is 17.3 Å². The average molecular weight is 490 g/mol. The zero-order chi connectivity index (χ0) is 19.2. The number of ether oxygens (including phenoxy) is 1. The molecular weight excluding hydrogens is 471 g/mol. The summed E-state index contributed by atoms with van der Waals surface area (Å²) in [5, 5.41) is 6.28. The number of carbonyl (C=O) groups is 1. The molecule has 1 fully saturated rings. The average Bonchev–Trinajstić information content (AvgIpc) is 3.00. The Kier molecular flexibility index (Phi) is 6.69. The van der Waals surface area contributed by atoms with Crippen molar-refractivity contribution in [1.29, 1.82) is 0 Å². The maximum atomic E-state index is 12.3. The second-order valence-electron chi connectivity index (χ2n) is 5.86. The summed E-state index contributed by atoms with van der Waals surface area (Å²) in [5.41, 5.74) is 3.02. The highest BCUT2D eigenvalue weighted by molar-refractivity contribution is 14.1. The van der Waals surface area contributed by atoms with Crippen LogP contribution < -0.4 is 15.4 Å². The summed E-state index contributed by atoms with van der Waals surface area (Å²) < 4.78 is 6.42. The van der Waals surface area contributed by atoms with E-state index >= 15 is 0 Å². The van der Waals surface area contributed by atoms with Gasteiger partial charge in [-0.15, -0.1) is 6.42 Å².